The number of rotatable bonds is 8. The summed E-state index contributed by atoms with van der Waals surface area (Å²) in [7, 11) is 1.55. The monoisotopic (exact) mass is 351 g/mol. The van der Waals surface area contributed by atoms with E-state index in [1.807, 2.05) is 48.5 Å². The second kappa shape index (κ2) is 8.87. The maximum atomic E-state index is 12.4. The zero-order chi connectivity index (χ0) is 18.2. The molecule has 134 valence electrons. The Kier molecular flexibility index (Phi) is 6.06. The predicted octanol–water partition coefficient (Wildman–Crippen LogP) is 3.94. The maximum absolute atomic E-state index is 12.4. The second-order valence-electron chi connectivity index (χ2n) is 5.78. The molecule has 1 N–H and O–H groups in total. The van der Waals surface area contributed by atoms with E-state index in [1.54, 1.807) is 25.5 Å². The van der Waals surface area contributed by atoms with E-state index < -0.39 is 0 Å². The standard InChI is InChI=1S/C21H21NO4/c1-24-20-10-3-2-9-19(20)21(23)22-13-16-6-4-7-17(12-16)14-25-15-18-8-5-11-26-18/h2-12H,13-15H2,1H3,(H,22,23). The fourth-order valence-electron chi connectivity index (χ4n) is 2.60. The van der Waals surface area contributed by atoms with Crippen molar-refractivity contribution in [3.05, 3.63) is 89.4 Å². The van der Waals surface area contributed by atoms with Crippen molar-refractivity contribution in [2.24, 2.45) is 0 Å². The fourth-order valence-corrected chi connectivity index (χ4v) is 2.60. The smallest absolute Gasteiger partial charge is 0.255 e. The molecule has 0 fully saturated rings. The van der Waals surface area contributed by atoms with Crippen LogP contribution in [0, 0.1) is 0 Å². The molecule has 1 amide bonds. The molecule has 3 aromatic rings. The van der Waals surface area contributed by atoms with Gasteiger partial charge >= 0.3 is 0 Å². The van der Waals surface area contributed by atoms with Gasteiger partial charge in [-0.05, 0) is 35.4 Å². The molecular weight excluding hydrogens is 330 g/mol. The number of carbonyl (C=O) groups excluding carboxylic acids is 1. The van der Waals surface area contributed by atoms with Crippen molar-refractivity contribution in [3.63, 3.8) is 0 Å². The number of methoxy groups -OCH3 is 1. The Morgan fingerprint density at radius 1 is 1.00 bits per heavy atom. The third-order valence-electron chi connectivity index (χ3n) is 3.89. The Balaban J connectivity index is 1.54. The molecule has 0 saturated heterocycles. The molecule has 0 spiro atoms. The number of nitrogens with one attached hydrogen (secondary N) is 1. The molecule has 0 unspecified atom stereocenters. The summed E-state index contributed by atoms with van der Waals surface area (Å²) < 4.78 is 16.1. The molecule has 0 saturated carbocycles. The molecule has 0 aliphatic heterocycles. The van der Waals surface area contributed by atoms with E-state index in [0.717, 1.165) is 16.9 Å². The fraction of sp³-hybridized carbons (Fsp3) is 0.190. The van der Waals surface area contributed by atoms with Gasteiger partial charge in [-0.3, -0.25) is 4.79 Å². The highest BCUT2D eigenvalue weighted by atomic mass is 16.5. The van der Waals surface area contributed by atoms with Crippen molar-refractivity contribution in [1.29, 1.82) is 0 Å². The van der Waals surface area contributed by atoms with Gasteiger partial charge in [0, 0.05) is 6.54 Å². The van der Waals surface area contributed by atoms with Gasteiger partial charge in [0.05, 0.1) is 25.5 Å². The molecule has 1 aromatic heterocycles. The molecule has 0 aliphatic rings. The molecule has 1 heterocycles. The van der Waals surface area contributed by atoms with E-state index in [-0.39, 0.29) is 5.91 Å². The molecule has 2 aromatic carbocycles. The third kappa shape index (κ3) is 4.74. The van der Waals surface area contributed by atoms with Crippen LogP contribution in [-0.4, -0.2) is 13.0 Å². The number of para-hydroxylation sites is 1. The van der Waals surface area contributed by atoms with Gasteiger partial charge in [-0.2, -0.15) is 0 Å². The van der Waals surface area contributed by atoms with Crippen molar-refractivity contribution in [1.82, 2.24) is 5.32 Å². The van der Waals surface area contributed by atoms with Crippen LogP contribution in [0.15, 0.2) is 71.3 Å². The van der Waals surface area contributed by atoms with E-state index in [2.05, 4.69) is 5.32 Å². The summed E-state index contributed by atoms with van der Waals surface area (Å²) in [6.07, 6.45) is 1.63. The molecule has 3 rings (SSSR count). The lowest BCUT2D eigenvalue weighted by Gasteiger charge is -2.10. The van der Waals surface area contributed by atoms with E-state index in [1.165, 1.54) is 0 Å². The summed E-state index contributed by atoms with van der Waals surface area (Å²) in [6.45, 7) is 1.35. The quantitative estimate of drug-likeness (QED) is 0.668. The zero-order valence-corrected chi connectivity index (χ0v) is 14.6. The highest BCUT2D eigenvalue weighted by Gasteiger charge is 2.10. The number of furan rings is 1. The summed E-state index contributed by atoms with van der Waals surface area (Å²) in [6, 6.07) is 18.8. The molecule has 5 heteroatoms. The van der Waals surface area contributed by atoms with Gasteiger partial charge in [-0.25, -0.2) is 0 Å². The van der Waals surface area contributed by atoms with E-state index in [0.29, 0.717) is 31.1 Å². The molecule has 0 bridgehead atoms. The molecule has 5 nitrogen and oxygen atoms in total. The Morgan fingerprint density at radius 2 is 1.85 bits per heavy atom. The summed E-state index contributed by atoms with van der Waals surface area (Å²) in [5.41, 5.74) is 2.57. The van der Waals surface area contributed by atoms with Gasteiger partial charge in [0.15, 0.2) is 0 Å². The molecule has 26 heavy (non-hydrogen) atoms. The van der Waals surface area contributed by atoms with Gasteiger partial charge in [0.25, 0.3) is 5.91 Å². The Hall–Kier alpha value is -3.05. The Morgan fingerprint density at radius 3 is 2.65 bits per heavy atom. The van der Waals surface area contributed by atoms with Gasteiger partial charge < -0.3 is 19.2 Å². The number of benzene rings is 2. The van der Waals surface area contributed by atoms with Crippen LogP contribution in [0.2, 0.25) is 0 Å². The summed E-state index contributed by atoms with van der Waals surface area (Å²) >= 11 is 0. The number of amides is 1. The number of hydrogen-bond acceptors (Lipinski definition) is 4. The number of hydrogen-bond donors (Lipinski definition) is 1. The van der Waals surface area contributed by atoms with E-state index in [9.17, 15) is 4.79 Å². The van der Waals surface area contributed by atoms with Crippen molar-refractivity contribution in [2.45, 2.75) is 19.8 Å². The van der Waals surface area contributed by atoms with E-state index in [4.69, 9.17) is 13.9 Å². The average molecular weight is 351 g/mol. The first-order chi connectivity index (χ1) is 12.8. The predicted molar refractivity (Wildman–Crippen MR) is 97.8 cm³/mol. The topological polar surface area (TPSA) is 60.7 Å². The van der Waals surface area contributed by atoms with Crippen LogP contribution in [0.4, 0.5) is 0 Å². The highest BCUT2D eigenvalue weighted by Crippen LogP contribution is 2.17. The Bertz CT molecular complexity index is 843. The van der Waals surface area contributed by atoms with Crippen LogP contribution < -0.4 is 10.1 Å². The van der Waals surface area contributed by atoms with Gasteiger partial charge in [0.1, 0.15) is 18.1 Å². The van der Waals surface area contributed by atoms with Crippen molar-refractivity contribution in [2.75, 3.05) is 7.11 Å². The van der Waals surface area contributed by atoms with Crippen molar-refractivity contribution in [3.8, 4) is 5.75 Å². The van der Waals surface area contributed by atoms with Crippen molar-refractivity contribution >= 4 is 5.91 Å². The lowest BCUT2D eigenvalue weighted by molar-refractivity contribution is 0.0928. The first kappa shape index (κ1) is 17.8. The van der Waals surface area contributed by atoms with Crippen LogP contribution in [0.25, 0.3) is 0 Å². The lowest BCUT2D eigenvalue weighted by Crippen LogP contribution is -2.23. The lowest BCUT2D eigenvalue weighted by atomic mass is 10.1. The zero-order valence-electron chi connectivity index (χ0n) is 14.6. The summed E-state index contributed by atoms with van der Waals surface area (Å²) in [5, 5.41) is 2.92. The first-order valence-corrected chi connectivity index (χ1v) is 8.35. The van der Waals surface area contributed by atoms with E-state index >= 15 is 0 Å². The molecular formula is C21H21NO4. The molecule has 0 radical (unpaired) electrons. The van der Waals surface area contributed by atoms with Gasteiger partial charge in [-0.15, -0.1) is 0 Å². The third-order valence-corrected chi connectivity index (χ3v) is 3.89. The van der Waals surface area contributed by atoms with Crippen LogP contribution in [0.5, 0.6) is 5.75 Å². The van der Waals surface area contributed by atoms with Gasteiger partial charge in [0.2, 0.25) is 0 Å². The molecule has 0 aliphatic carbocycles. The van der Waals surface area contributed by atoms with Crippen LogP contribution in [0.1, 0.15) is 27.2 Å². The average Bonchev–Trinajstić information content (AvgIpc) is 3.20. The number of ether oxygens (including phenoxy) is 2. The minimum Gasteiger partial charge on any atom is -0.496 e. The minimum absolute atomic E-state index is 0.165. The summed E-state index contributed by atoms with van der Waals surface area (Å²) in [4.78, 5) is 12.4. The SMILES string of the molecule is COc1ccccc1C(=O)NCc1cccc(COCc2ccco2)c1. The molecule has 0 atom stereocenters. The first-order valence-electron chi connectivity index (χ1n) is 8.35. The van der Waals surface area contributed by atoms with Crippen LogP contribution in [-0.2, 0) is 24.5 Å². The number of carbonyl (C=O) groups is 1. The normalized spacial score (nSPS) is 10.5. The van der Waals surface area contributed by atoms with Crippen LogP contribution >= 0.6 is 0 Å². The largest absolute Gasteiger partial charge is 0.496 e. The van der Waals surface area contributed by atoms with Crippen molar-refractivity contribution < 1.29 is 18.7 Å². The van der Waals surface area contributed by atoms with Crippen LogP contribution in [0.3, 0.4) is 0 Å². The summed E-state index contributed by atoms with van der Waals surface area (Å²) in [5.74, 6) is 1.19. The minimum atomic E-state index is -0.165. The second-order valence-corrected chi connectivity index (χ2v) is 5.78. The highest BCUT2D eigenvalue weighted by molar-refractivity contribution is 5.96. The maximum Gasteiger partial charge on any atom is 0.255 e. The van der Waals surface area contributed by atoms with Gasteiger partial charge in [-0.1, -0.05) is 36.4 Å². The Labute approximate surface area is 152 Å².